The smallest absolute Gasteiger partial charge is 0.313 e. The Hall–Kier alpha value is -1.01. The molecule has 1 atom stereocenters. The van der Waals surface area contributed by atoms with Gasteiger partial charge in [-0.3, -0.25) is 4.79 Å². The summed E-state index contributed by atoms with van der Waals surface area (Å²) < 4.78 is 7.67. The van der Waals surface area contributed by atoms with Crippen LogP contribution in [0.3, 0.4) is 0 Å². The van der Waals surface area contributed by atoms with E-state index in [1.54, 1.807) is 0 Å². The second-order valence-corrected chi connectivity index (χ2v) is 5.70. The van der Waals surface area contributed by atoms with Crippen molar-refractivity contribution in [3.8, 4) is 0 Å². The Morgan fingerprint density at radius 2 is 2.53 bits per heavy atom. The first kappa shape index (κ1) is 14.4. The highest BCUT2D eigenvalue weighted by Gasteiger charge is 2.18. The number of carbonyl (C=O) groups is 1. The van der Waals surface area contributed by atoms with Crippen LogP contribution in [-0.4, -0.2) is 39.6 Å². The Morgan fingerprint density at radius 1 is 1.68 bits per heavy atom. The van der Waals surface area contributed by atoms with Crippen LogP contribution in [0.25, 0.3) is 0 Å². The molecule has 0 bridgehead atoms. The molecule has 0 aromatic carbocycles. The van der Waals surface area contributed by atoms with Gasteiger partial charge in [0.25, 0.3) is 0 Å². The minimum Gasteiger partial charge on any atom is -0.481 e. The van der Waals surface area contributed by atoms with E-state index in [4.69, 9.17) is 9.84 Å². The van der Waals surface area contributed by atoms with Crippen molar-refractivity contribution in [3.05, 3.63) is 11.9 Å². The molecule has 1 aromatic heterocycles. The molecule has 5 nitrogen and oxygen atoms in total. The highest BCUT2D eigenvalue weighted by atomic mass is 32.2. The molecule has 2 rings (SSSR count). The Bertz CT molecular complexity index is 428. The number of aliphatic carboxylic acids is 1. The molecule has 19 heavy (non-hydrogen) atoms. The molecule has 2 heterocycles. The van der Waals surface area contributed by atoms with Crippen LogP contribution in [0, 0.1) is 5.92 Å². The molecular formula is C13H20N2O3S. The van der Waals surface area contributed by atoms with Crippen LogP contribution in [-0.2, 0) is 22.5 Å². The molecule has 0 aliphatic carbocycles. The van der Waals surface area contributed by atoms with Crippen molar-refractivity contribution >= 4 is 17.7 Å². The molecule has 1 saturated heterocycles. The fourth-order valence-corrected chi connectivity index (χ4v) is 3.05. The Kier molecular flexibility index (Phi) is 5.27. The minimum absolute atomic E-state index is 0.0569. The molecular weight excluding hydrogens is 264 g/mol. The van der Waals surface area contributed by atoms with Gasteiger partial charge in [0.15, 0.2) is 5.16 Å². The molecule has 1 fully saturated rings. The maximum absolute atomic E-state index is 10.7. The molecule has 1 unspecified atom stereocenters. The van der Waals surface area contributed by atoms with Gasteiger partial charge in [-0.2, -0.15) is 0 Å². The number of rotatable bonds is 6. The van der Waals surface area contributed by atoms with Crippen molar-refractivity contribution in [2.45, 2.75) is 37.9 Å². The zero-order valence-corrected chi connectivity index (χ0v) is 12.0. The lowest BCUT2D eigenvalue weighted by Crippen LogP contribution is -2.23. The number of nitrogens with zero attached hydrogens (tertiary/aromatic N) is 2. The van der Waals surface area contributed by atoms with E-state index in [0.717, 1.165) is 37.8 Å². The van der Waals surface area contributed by atoms with Crippen LogP contribution in [0.5, 0.6) is 0 Å². The van der Waals surface area contributed by atoms with Gasteiger partial charge in [-0.05, 0) is 19.3 Å². The summed E-state index contributed by atoms with van der Waals surface area (Å²) in [6.07, 6.45) is 5.05. The topological polar surface area (TPSA) is 64.3 Å². The van der Waals surface area contributed by atoms with Crippen molar-refractivity contribution in [1.29, 1.82) is 0 Å². The van der Waals surface area contributed by atoms with Crippen LogP contribution in [0.1, 0.15) is 25.5 Å². The van der Waals surface area contributed by atoms with E-state index in [-0.39, 0.29) is 5.75 Å². The molecule has 0 radical (unpaired) electrons. The summed E-state index contributed by atoms with van der Waals surface area (Å²) in [6.45, 7) is 4.63. The third kappa shape index (κ3) is 3.98. The van der Waals surface area contributed by atoms with E-state index in [1.807, 2.05) is 6.20 Å². The van der Waals surface area contributed by atoms with Crippen molar-refractivity contribution in [1.82, 2.24) is 9.55 Å². The molecule has 1 aromatic rings. The van der Waals surface area contributed by atoms with Gasteiger partial charge in [-0.1, -0.05) is 18.7 Å². The number of aryl methyl sites for hydroxylation is 1. The number of imidazole rings is 1. The van der Waals surface area contributed by atoms with Gasteiger partial charge in [0.1, 0.15) is 0 Å². The first-order valence-corrected chi connectivity index (χ1v) is 7.66. The lowest BCUT2D eigenvalue weighted by atomic mass is 10.0. The van der Waals surface area contributed by atoms with E-state index in [1.165, 1.54) is 23.9 Å². The lowest BCUT2D eigenvalue weighted by molar-refractivity contribution is -0.133. The standard InChI is InChI=1S/C13H20N2O3S/c1-2-11-6-14-13(19-9-12(16)17)15(11)7-10-4-3-5-18-8-10/h6,10H,2-5,7-9H2,1H3,(H,16,17). The second-order valence-electron chi connectivity index (χ2n) is 4.76. The molecule has 0 saturated carbocycles. The number of thioether (sulfide) groups is 1. The van der Waals surface area contributed by atoms with Crippen LogP contribution >= 0.6 is 11.8 Å². The SMILES string of the molecule is CCc1cnc(SCC(=O)O)n1CC1CCCOC1. The molecule has 106 valence electrons. The van der Waals surface area contributed by atoms with E-state index >= 15 is 0 Å². The van der Waals surface area contributed by atoms with E-state index in [0.29, 0.717) is 5.92 Å². The summed E-state index contributed by atoms with van der Waals surface area (Å²) in [5.41, 5.74) is 1.17. The number of hydrogen-bond donors (Lipinski definition) is 1. The number of carboxylic acids is 1. The van der Waals surface area contributed by atoms with Crippen molar-refractivity contribution in [2.75, 3.05) is 19.0 Å². The maximum atomic E-state index is 10.7. The van der Waals surface area contributed by atoms with Gasteiger partial charge in [-0.15, -0.1) is 0 Å². The van der Waals surface area contributed by atoms with E-state index in [9.17, 15) is 4.79 Å². The van der Waals surface area contributed by atoms with Crippen molar-refractivity contribution in [3.63, 3.8) is 0 Å². The maximum Gasteiger partial charge on any atom is 0.313 e. The van der Waals surface area contributed by atoms with Crippen molar-refractivity contribution < 1.29 is 14.6 Å². The molecule has 1 aliphatic rings. The average molecular weight is 284 g/mol. The molecule has 1 aliphatic heterocycles. The zero-order valence-electron chi connectivity index (χ0n) is 11.2. The minimum atomic E-state index is -0.807. The monoisotopic (exact) mass is 284 g/mol. The van der Waals surface area contributed by atoms with E-state index < -0.39 is 5.97 Å². The van der Waals surface area contributed by atoms with Gasteiger partial charge in [-0.25, -0.2) is 4.98 Å². The molecule has 6 heteroatoms. The second kappa shape index (κ2) is 6.96. The molecule has 0 spiro atoms. The highest BCUT2D eigenvalue weighted by Crippen LogP contribution is 2.23. The van der Waals surface area contributed by atoms with Gasteiger partial charge < -0.3 is 14.4 Å². The third-order valence-electron chi connectivity index (χ3n) is 3.28. The Labute approximate surface area is 117 Å². The quantitative estimate of drug-likeness (QED) is 0.810. The number of hydrogen-bond acceptors (Lipinski definition) is 4. The Morgan fingerprint density at radius 3 is 3.16 bits per heavy atom. The molecule has 0 amide bonds. The van der Waals surface area contributed by atoms with Crippen LogP contribution in [0.4, 0.5) is 0 Å². The number of ether oxygens (including phenoxy) is 1. The summed E-state index contributed by atoms with van der Waals surface area (Å²) in [6, 6.07) is 0. The van der Waals surface area contributed by atoms with E-state index in [2.05, 4.69) is 16.5 Å². The predicted molar refractivity (Wildman–Crippen MR) is 73.5 cm³/mol. The first-order valence-electron chi connectivity index (χ1n) is 6.67. The molecule has 1 N–H and O–H groups in total. The summed E-state index contributed by atoms with van der Waals surface area (Å²) in [5.74, 6) is -0.238. The van der Waals surface area contributed by atoms with Gasteiger partial charge >= 0.3 is 5.97 Å². The Balaban J connectivity index is 2.06. The average Bonchev–Trinajstić information content (AvgIpc) is 2.80. The number of aromatic nitrogens is 2. The van der Waals surface area contributed by atoms with Gasteiger partial charge in [0.05, 0.1) is 12.4 Å². The lowest BCUT2D eigenvalue weighted by Gasteiger charge is -2.24. The summed E-state index contributed by atoms with van der Waals surface area (Å²) in [7, 11) is 0. The summed E-state index contributed by atoms with van der Waals surface area (Å²) in [5, 5.41) is 9.58. The number of carboxylic acid groups (broad SMARTS) is 1. The predicted octanol–water partition coefficient (Wildman–Crippen LogP) is 2.05. The fraction of sp³-hybridized carbons (Fsp3) is 0.692. The van der Waals surface area contributed by atoms with Crippen LogP contribution < -0.4 is 0 Å². The zero-order chi connectivity index (χ0) is 13.7. The van der Waals surface area contributed by atoms with Gasteiger partial charge in [0, 0.05) is 31.0 Å². The normalized spacial score (nSPS) is 19.5. The van der Waals surface area contributed by atoms with Crippen molar-refractivity contribution in [2.24, 2.45) is 5.92 Å². The fourth-order valence-electron chi connectivity index (χ4n) is 2.32. The summed E-state index contributed by atoms with van der Waals surface area (Å²) >= 11 is 1.29. The van der Waals surface area contributed by atoms with Gasteiger partial charge in [0.2, 0.25) is 0 Å². The first-order chi connectivity index (χ1) is 9.20. The summed E-state index contributed by atoms with van der Waals surface area (Å²) in [4.78, 5) is 15.0. The largest absolute Gasteiger partial charge is 0.481 e. The van der Waals surface area contributed by atoms with Crippen LogP contribution in [0.2, 0.25) is 0 Å². The third-order valence-corrected chi connectivity index (χ3v) is 4.26. The highest BCUT2D eigenvalue weighted by molar-refractivity contribution is 7.99. The van der Waals surface area contributed by atoms with Crippen LogP contribution in [0.15, 0.2) is 11.4 Å².